The highest BCUT2D eigenvalue weighted by molar-refractivity contribution is 5.84. The predicted octanol–water partition coefficient (Wildman–Crippen LogP) is 3.73. The van der Waals surface area contributed by atoms with Crippen molar-refractivity contribution in [3.8, 4) is 0 Å². The quantitative estimate of drug-likeness (QED) is 0.818. The second-order valence-corrected chi connectivity index (χ2v) is 8.95. The highest BCUT2D eigenvalue weighted by Crippen LogP contribution is 2.55. The Morgan fingerprint density at radius 2 is 1.50 bits per heavy atom. The van der Waals surface area contributed by atoms with Gasteiger partial charge in [0, 0.05) is 18.4 Å². The molecule has 1 atom stereocenters. The average Bonchev–Trinajstić information content (AvgIpc) is 2.59. The Morgan fingerprint density at radius 3 is 2.08 bits per heavy atom. The molecule has 2 N–H and O–H groups in total. The van der Waals surface area contributed by atoms with E-state index in [1.165, 1.54) is 19.3 Å². The van der Waals surface area contributed by atoms with Gasteiger partial charge in [-0.05, 0) is 68.8 Å². The van der Waals surface area contributed by atoms with Crippen LogP contribution in [0.3, 0.4) is 0 Å². The predicted molar refractivity (Wildman–Crippen MR) is 101 cm³/mol. The van der Waals surface area contributed by atoms with Crippen LogP contribution in [0, 0.1) is 17.8 Å². The number of benzene rings is 1. The van der Waals surface area contributed by atoms with Crippen LogP contribution in [-0.4, -0.2) is 17.4 Å². The third-order valence-corrected chi connectivity index (χ3v) is 6.70. The molecule has 4 fully saturated rings. The van der Waals surface area contributed by atoms with Crippen molar-refractivity contribution in [3.63, 3.8) is 0 Å². The molecule has 0 radical (unpaired) electrons. The molecule has 4 bridgehead atoms. The van der Waals surface area contributed by atoms with Crippen LogP contribution in [0.4, 0.5) is 0 Å². The van der Waals surface area contributed by atoms with Crippen molar-refractivity contribution in [1.29, 1.82) is 0 Å². The lowest BCUT2D eigenvalue weighted by Gasteiger charge is -2.56. The molecule has 4 heteroatoms. The summed E-state index contributed by atoms with van der Waals surface area (Å²) >= 11 is 0. The van der Waals surface area contributed by atoms with E-state index in [-0.39, 0.29) is 36.2 Å². The Bertz CT molecular complexity index is 635. The van der Waals surface area contributed by atoms with Gasteiger partial charge in [-0.25, -0.2) is 0 Å². The minimum atomic E-state index is -0.0537. The standard InChI is InChI=1S/C22H30N2O2/c1-15(19-5-3-2-4-6-19)23-20(25)7-8-21(26)24-22-12-16-9-17(13-22)11-18(10-16)14-22/h2-6,15-18H,7-14H2,1H3,(H,23,25)(H,24,26)/t15-,16?,17?,18?,22?/m1/s1. The largest absolute Gasteiger partial charge is 0.351 e. The monoisotopic (exact) mass is 354 g/mol. The molecule has 4 aliphatic carbocycles. The van der Waals surface area contributed by atoms with Gasteiger partial charge >= 0.3 is 0 Å². The van der Waals surface area contributed by atoms with Crippen LogP contribution in [0.5, 0.6) is 0 Å². The van der Waals surface area contributed by atoms with Crippen LogP contribution in [0.25, 0.3) is 0 Å². The number of hydrogen-bond acceptors (Lipinski definition) is 2. The topological polar surface area (TPSA) is 58.2 Å². The number of carbonyl (C=O) groups is 2. The van der Waals surface area contributed by atoms with Crippen molar-refractivity contribution < 1.29 is 9.59 Å². The number of hydrogen-bond donors (Lipinski definition) is 2. The number of nitrogens with one attached hydrogen (secondary N) is 2. The van der Waals surface area contributed by atoms with Gasteiger partial charge in [0.1, 0.15) is 0 Å². The van der Waals surface area contributed by atoms with Crippen molar-refractivity contribution in [2.75, 3.05) is 0 Å². The zero-order valence-corrected chi connectivity index (χ0v) is 15.7. The van der Waals surface area contributed by atoms with Crippen LogP contribution >= 0.6 is 0 Å². The Morgan fingerprint density at radius 1 is 0.962 bits per heavy atom. The summed E-state index contributed by atoms with van der Waals surface area (Å²) in [4.78, 5) is 24.7. The lowest BCUT2D eigenvalue weighted by Crippen LogP contribution is -2.59. The molecule has 1 aromatic rings. The Balaban J connectivity index is 1.25. The summed E-state index contributed by atoms with van der Waals surface area (Å²) in [5.74, 6) is 2.45. The Labute approximate surface area is 156 Å². The lowest BCUT2D eigenvalue weighted by molar-refractivity contribution is -0.130. The fourth-order valence-corrected chi connectivity index (χ4v) is 5.99. The van der Waals surface area contributed by atoms with Crippen LogP contribution in [-0.2, 0) is 9.59 Å². The van der Waals surface area contributed by atoms with Gasteiger partial charge in [0.25, 0.3) is 0 Å². The smallest absolute Gasteiger partial charge is 0.220 e. The first kappa shape index (κ1) is 17.6. The number of amides is 2. The van der Waals surface area contributed by atoms with Gasteiger partial charge < -0.3 is 10.6 Å². The van der Waals surface area contributed by atoms with Gasteiger partial charge in [0.2, 0.25) is 11.8 Å². The Kier molecular flexibility index (Phi) is 4.76. The van der Waals surface area contributed by atoms with E-state index in [1.807, 2.05) is 37.3 Å². The molecule has 4 saturated carbocycles. The summed E-state index contributed by atoms with van der Waals surface area (Å²) in [6, 6.07) is 9.88. The summed E-state index contributed by atoms with van der Waals surface area (Å²) < 4.78 is 0. The highest BCUT2D eigenvalue weighted by atomic mass is 16.2. The molecule has 4 nitrogen and oxygen atoms in total. The zero-order valence-electron chi connectivity index (χ0n) is 15.7. The van der Waals surface area contributed by atoms with Gasteiger partial charge in [-0.15, -0.1) is 0 Å². The van der Waals surface area contributed by atoms with E-state index in [9.17, 15) is 9.59 Å². The van der Waals surface area contributed by atoms with Crippen molar-refractivity contribution in [1.82, 2.24) is 10.6 Å². The molecule has 0 spiro atoms. The lowest BCUT2D eigenvalue weighted by atomic mass is 9.53. The van der Waals surface area contributed by atoms with E-state index in [4.69, 9.17) is 0 Å². The molecular formula is C22H30N2O2. The zero-order chi connectivity index (χ0) is 18.1. The molecule has 0 aliphatic heterocycles. The molecule has 1 aromatic carbocycles. The molecular weight excluding hydrogens is 324 g/mol. The van der Waals surface area contributed by atoms with Crippen molar-refractivity contribution in [2.45, 2.75) is 69.9 Å². The third kappa shape index (κ3) is 3.79. The highest BCUT2D eigenvalue weighted by Gasteiger charge is 2.51. The van der Waals surface area contributed by atoms with E-state index < -0.39 is 0 Å². The van der Waals surface area contributed by atoms with Gasteiger partial charge in [0.05, 0.1) is 6.04 Å². The maximum absolute atomic E-state index is 12.5. The summed E-state index contributed by atoms with van der Waals surface area (Å²) in [6.45, 7) is 1.97. The summed E-state index contributed by atoms with van der Waals surface area (Å²) in [6.07, 6.45) is 8.12. The second kappa shape index (κ2) is 7.05. The van der Waals surface area contributed by atoms with Crippen LogP contribution < -0.4 is 10.6 Å². The normalized spacial score (nSPS) is 32.9. The van der Waals surface area contributed by atoms with E-state index >= 15 is 0 Å². The molecule has 4 aliphatic rings. The SMILES string of the molecule is C[C@@H](NC(=O)CCC(=O)NC12CC3CC(CC(C3)C1)C2)c1ccccc1. The number of carbonyl (C=O) groups excluding carboxylic acids is 2. The minimum absolute atomic E-state index is 0.0325. The van der Waals surface area contributed by atoms with E-state index in [0.29, 0.717) is 0 Å². The minimum Gasteiger partial charge on any atom is -0.351 e. The van der Waals surface area contributed by atoms with E-state index in [0.717, 1.165) is 42.6 Å². The molecule has 0 aromatic heterocycles. The van der Waals surface area contributed by atoms with Crippen molar-refractivity contribution in [3.05, 3.63) is 35.9 Å². The van der Waals surface area contributed by atoms with Crippen molar-refractivity contribution >= 4 is 11.8 Å². The molecule has 0 heterocycles. The summed E-state index contributed by atoms with van der Waals surface area (Å²) in [5, 5.41) is 6.34. The van der Waals surface area contributed by atoms with E-state index in [1.54, 1.807) is 0 Å². The number of rotatable bonds is 6. The first-order valence-electron chi connectivity index (χ1n) is 10.2. The third-order valence-electron chi connectivity index (χ3n) is 6.70. The van der Waals surface area contributed by atoms with Crippen LogP contribution in [0.1, 0.15) is 69.9 Å². The van der Waals surface area contributed by atoms with Crippen molar-refractivity contribution in [2.24, 2.45) is 17.8 Å². The summed E-state index contributed by atoms with van der Waals surface area (Å²) in [7, 11) is 0. The van der Waals surface area contributed by atoms with Gasteiger partial charge in [-0.3, -0.25) is 9.59 Å². The van der Waals surface area contributed by atoms with Crippen LogP contribution in [0.2, 0.25) is 0 Å². The fraction of sp³-hybridized carbons (Fsp3) is 0.636. The maximum atomic E-state index is 12.5. The summed E-state index contributed by atoms with van der Waals surface area (Å²) in [5.41, 5.74) is 1.12. The van der Waals surface area contributed by atoms with Gasteiger partial charge in [0.15, 0.2) is 0 Å². The molecule has 26 heavy (non-hydrogen) atoms. The molecule has 2 amide bonds. The van der Waals surface area contributed by atoms with E-state index in [2.05, 4.69) is 10.6 Å². The van der Waals surface area contributed by atoms with Gasteiger partial charge in [-0.1, -0.05) is 30.3 Å². The fourth-order valence-electron chi connectivity index (χ4n) is 5.99. The molecule has 0 saturated heterocycles. The second-order valence-electron chi connectivity index (χ2n) is 8.95. The first-order chi connectivity index (χ1) is 12.5. The van der Waals surface area contributed by atoms with Crippen LogP contribution in [0.15, 0.2) is 30.3 Å². The van der Waals surface area contributed by atoms with Gasteiger partial charge in [-0.2, -0.15) is 0 Å². The molecule has 0 unspecified atom stereocenters. The molecule has 5 rings (SSSR count). The average molecular weight is 354 g/mol. The maximum Gasteiger partial charge on any atom is 0.220 e. The molecule has 140 valence electrons. The Hall–Kier alpha value is -1.84. The first-order valence-corrected chi connectivity index (χ1v) is 10.2.